The second-order valence-electron chi connectivity index (χ2n) is 12.8. The molecule has 0 aromatic heterocycles. The normalized spacial score (nSPS) is 12.6. The van der Waals surface area contributed by atoms with Gasteiger partial charge in [0, 0.05) is 18.7 Å². The predicted molar refractivity (Wildman–Crippen MR) is 186 cm³/mol. The zero-order valence-corrected chi connectivity index (χ0v) is 27.7. The summed E-state index contributed by atoms with van der Waals surface area (Å²) in [7, 11) is 0. The number of amides is 3. The fourth-order valence-electron chi connectivity index (χ4n) is 5.47. The van der Waals surface area contributed by atoms with Gasteiger partial charge in [-0.1, -0.05) is 117 Å². The smallest absolute Gasteiger partial charge is 0.408 e. The van der Waals surface area contributed by atoms with Crippen molar-refractivity contribution in [3.05, 3.63) is 114 Å². The Kier molecular flexibility index (Phi) is 12.0. The number of carbonyl (C=O) groups excluding carboxylic acids is 3. The molecular weight excluding hydrogens is 574 g/mol. The zero-order valence-electron chi connectivity index (χ0n) is 27.7. The van der Waals surface area contributed by atoms with E-state index in [0.717, 1.165) is 47.6 Å². The summed E-state index contributed by atoms with van der Waals surface area (Å²) in [6, 6.07) is 29.1. The Balaban J connectivity index is 1.74. The van der Waals surface area contributed by atoms with Crippen LogP contribution in [0.4, 0.5) is 10.5 Å². The average Bonchev–Trinajstić information content (AvgIpc) is 3.02. The van der Waals surface area contributed by atoms with E-state index in [-0.39, 0.29) is 18.2 Å². The number of unbranched alkanes of at least 4 members (excludes halogenated alkanes) is 3. The van der Waals surface area contributed by atoms with Gasteiger partial charge >= 0.3 is 6.09 Å². The third-order valence-electron chi connectivity index (χ3n) is 7.78. The number of hydrogen-bond donors (Lipinski definition) is 2. The Morgan fingerprint density at radius 3 is 2.15 bits per heavy atom. The number of carbonyl (C=O) groups is 3. The number of anilines is 1. The molecule has 7 heteroatoms. The van der Waals surface area contributed by atoms with Crippen LogP contribution < -0.4 is 10.6 Å². The van der Waals surface area contributed by atoms with E-state index in [4.69, 9.17) is 4.74 Å². The van der Waals surface area contributed by atoms with Crippen molar-refractivity contribution in [3.63, 3.8) is 0 Å². The zero-order chi connectivity index (χ0) is 33.1. The average molecular weight is 622 g/mol. The maximum Gasteiger partial charge on any atom is 0.408 e. The van der Waals surface area contributed by atoms with Crippen LogP contribution in [0.2, 0.25) is 0 Å². The minimum atomic E-state index is -0.954. The van der Waals surface area contributed by atoms with E-state index in [1.165, 1.54) is 0 Å². The molecule has 4 aromatic rings. The van der Waals surface area contributed by atoms with Gasteiger partial charge in [0.2, 0.25) is 5.91 Å². The van der Waals surface area contributed by atoms with E-state index in [0.29, 0.717) is 17.8 Å². The van der Waals surface area contributed by atoms with Gasteiger partial charge in [-0.2, -0.15) is 0 Å². The van der Waals surface area contributed by atoms with Crippen LogP contribution in [0.1, 0.15) is 76.1 Å². The van der Waals surface area contributed by atoms with Crippen LogP contribution in [0.15, 0.2) is 97.1 Å². The summed E-state index contributed by atoms with van der Waals surface area (Å²) in [5.74, 6) is -0.663. The first-order valence-electron chi connectivity index (χ1n) is 16.2. The van der Waals surface area contributed by atoms with E-state index in [9.17, 15) is 14.4 Å². The number of nitrogens with one attached hydrogen (secondary N) is 2. The van der Waals surface area contributed by atoms with Gasteiger partial charge in [0.1, 0.15) is 17.7 Å². The Morgan fingerprint density at radius 2 is 1.48 bits per heavy atom. The molecule has 0 saturated carbocycles. The van der Waals surface area contributed by atoms with Crippen LogP contribution in [0.25, 0.3) is 10.8 Å². The topological polar surface area (TPSA) is 87.7 Å². The Hall–Kier alpha value is -4.65. The molecule has 242 valence electrons. The fourth-order valence-corrected chi connectivity index (χ4v) is 5.47. The van der Waals surface area contributed by atoms with Crippen molar-refractivity contribution in [2.24, 2.45) is 0 Å². The molecule has 4 rings (SSSR count). The van der Waals surface area contributed by atoms with E-state index in [1.54, 1.807) is 25.7 Å². The molecule has 0 aliphatic heterocycles. The van der Waals surface area contributed by atoms with Crippen LogP contribution in [0, 0.1) is 6.92 Å². The van der Waals surface area contributed by atoms with Gasteiger partial charge in [-0.25, -0.2) is 4.79 Å². The summed E-state index contributed by atoms with van der Waals surface area (Å²) in [5, 5.41) is 8.02. The summed E-state index contributed by atoms with van der Waals surface area (Å²) in [6.07, 6.45) is 3.25. The van der Waals surface area contributed by atoms with Gasteiger partial charge in [0.25, 0.3) is 5.91 Å². The SMILES string of the molecule is CCCCCCN(C(=O)C(Cc1ccccc1)NC(=O)OC(C)(C)C)C(C(=O)Nc1ccc2ccccc2c1)c1ccc(C)cc1. The van der Waals surface area contributed by atoms with Crippen molar-refractivity contribution in [1.29, 1.82) is 0 Å². The third kappa shape index (κ3) is 9.93. The summed E-state index contributed by atoms with van der Waals surface area (Å²) < 4.78 is 5.57. The molecule has 2 atom stereocenters. The second-order valence-corrected chi connectivity index (χ2v) is 12.8. The molecule has 4 aromatic carbocycles. The standard InChI is InChI=1S/C39H47N3O4/c1-6-7-8-14-25-42(37(44)34(26-29-15-10-9-11-16-29)41-38(45)46-39(3,4)5)35(31-21-19-28(2)20-22-31)36(43)40-33-24-23-30-17-12-13-18-32(30)27-33/h9-13,15-24,27,34-35H,6-8,14,25-26H2,1-5H3,(H,40,43)(H,41,45). The molecule has 0 spiro atoms. The summed E-state index contributed by atoms with van der Waals surface area (Å²) in [4.78, 5) is 43.7. The van der Waals surface area contributed by atoms with Gasteiger partial charge in [-0.3, -0.25) is 9.59 Å². The number of hydrogen-bond acceptors (Lipinski definition) is 4. The molecule has 0 aliphatic carbocycles. The van der Waals surface area contributed by atoms with Gasteiger partial charge in [0.15, 0.2) is 0 Å². The lowest BCUT2D eigenvalue weighted by Crippen LogP contribution is -2.53. The molecule has 7 nitrogen and oxygen atoms in total. The summed E-state index contributed by atoms with van der Waals surface area (Å²) >= 11 is 0. The second kappa shape index (κ2) is 16.1. The minimum absolute atomic E-state index is 0.247. The number of nitrogens with zero attached hydrogens (tertiary/aromatic N) is 1. The number of rotatable bonds is 13. The first-order chi connectivity index (χ1) is 22.0. The molecule has 0 bridgehead atoms. The van der Waals surface area contributed by atoms with Crippen LogP contribution in [0.3, 0.4) is 0 Å². The minimum Gasteiger partial charge on any atom is -0.444 e. The van der Waals surface area contributed by atoms with E-state index >= 15 is 0 Å². The van der Waals surface area contributed by atoms with Gasteiger partial charge in [-0.15, -0.1) is 0 Å². The molecule has 2 N–H and O–H groups in total. The number of benzene rings is 4. The first kappa shape index (κ1) is 34.2. The van der Waals surface area contributed by atoms with Gasteiger partial charge in [0.05, 0.1) is 0 Å². The van der Waals surface area contributed by atoms with Crippen molar-refractivity contribution >= 4 is 34.4 Å². The van der Waals surface area contributed by atoms with Crippen molar-refractivity contribution in [3.8, 4) is 0 Å². The van der Waals surface area contributed by atoms with Gasteiger partial charge < -0.3 is 20.3 Å². The van der Waals surface area contributed by atoms with Crippen LogP contribution in [-0.2, 0) is 20.7 Å². The van der Waals surface area contributed by atoms with Crippen LogP contribution >= 0.6 is 0 Å². The molecule has 2 unspecified atom stereocenters. The molecule has 0 heterocycles. The molecular formula is C39H47N3O4. The highest BCUT2D eigenvalue weighted by Crippen LogP contribution is 2.27. The third-order valence-corrected chi connectivity index (χ3v) is 7.78. The van der Waals surface area contributed by atoms with Crippen molar-refractivity contribution in [2.75, 3.05) is 11.9 Å². The van der Waals surface area contributed by atoms with Crippen LogP contribution in [-0.4, -0.2) is 41.0 Å². The van der Waals surface area contributed by atoms with E-state index in [2.05, 4.69) is 17.6 Å². The summed E-state index contributed by atoms with van der Waals surface area (Å²) in [6.45, 7) is 9.82. The molecule has 3 amide bonds. The number of aryl methyl sites for hydroxylation is 1. The maximum absolute atomic E-state index is 14.7. The lowest BCUT2D eigenvalue weighted by atomic mass is 9.98. The lowest BCUT2D eigenvalue weighted by molar-refractivity contribution is -0.140. The lowest BCUT2D eigenvalue weighted by Gasteiger charge is -2.35. The van der Waals surface area contributed by atoms with Crippen molar-refractivity contribution in [1.82, 2.24) is 10.2 Å². The Morgan fingerprint density at radius 1 is 0.804 bits per heavy atom. The largest absolute Gasteiger partial charge is 0.444 e. The number of alkyl carbamates (subject to hydrolysis) is 1. The van der Waals surface area contributed by atoms with Gasteiger partial charge in [-0.05, 0) is 68.1 Å². The molecule has 0 radical (unpaired) electrons. The highest BCUT2D eigenvalue weighted by Gasteiger charge is 2.36. The van der Waals surface area contributed by atoms with E-state index in [1.807, 2.05) is 104 Å². The number of fused-ring (bicyclic) bond motifs is 1. The Bertz CT molecular complexity index is 1600. The summed E-state index contributed by atoms with van der Waals surface area (Å²) in [5.41, 5.74) is 2.53. The molecule has 46 heavy (non-hydrogen) atoms. The van der Waals surface area contributed by atoms with Crippen LogP contribution in [0.5, 0.6) is 0 Å². The maximum atomic E-state index is 14.7. The molecule has 0 fully saturated rings. The highest BCUT2D eigenvalue weighted by molar-refractivity contribution is 6.00. The number of ether oxygens (including phenoxy) is 1. The van der Waals surface area contributed by atoms with Crippen molar-refractivity contribution < 1.29 is 19.1 Å². The molecule has 0 saturated heterocycles. The first-order valence-corrected chi connectivity index (χ1v) is 16.2. The molecule has 0 aliphatic rings. The highest BCUT2D eigenvalue weighted by atomic mass is 16.6. The van der Waals surface area contributed by atoms with E-state index < -0.39 is 23.8 Å². The monoisotopic (exact) mass is 621 g/mol. The Labute approximate surface area is 273 Å². The fraction of sp³-hybridized carbons (Fsp3) is 0.359. The predicted octanol–water partition coefficient (Wildman–Crippen LogP) is 8.37. The van der Waals surface area contributed by atoms with Crippen molar-refractivity contribution in [2.45, 2.75) is 84.4 Å². The quantitative estimate of drug-likeness (QED) is 0.147.